The maximum atomic E-state index is 10.8. The third-order valence-electron chi connectivity index (χ3n) is 3.31. The number of aromatic nitrogens is 2. The second-order valence-corrected chi connectivity index (χ2v) is 5.90. The lowest BCUT2D eigenvalue weighted by atomic mass is 10.0. The molecular weight excluding hydrogens is 312 g/mol. The predicted molar refractivity (Wildman–Crippen MR) is 89.5 cm³/mol. The van der Waals surface area contributed by atoms with Crippen LogP contribution in [-0.4, -0.2) is 14.9 Å². The number of rotatable bonds is 6. The number of nitrogens with one attached hydrogen (secondary N) is 1. The maximum Gasteiger partial charge on any atom is 0.345 e. The van der Waals surface area contributed by atoms with Crippen LogP contribution in [0.15, 0.2) is 60.9 Å². The molecule has 1 N–H and O–H groups in total. The van der Waals surface area contributed by atoms with Crippen LogP contribution in [0.4, 0.5) is 10.1 Å². The molecule has 1 aromatic carbocycles. The van der Waals surface area contributed by atoms with Crippen molar-refractivity contribution < 1.29 is 4.92 Å². The average Bonchev–Trinajstić information content (AvgIpc) is 3.05. The summed E-state index contributed by atoms with van der Waals surface area (Å²) in [7, 11) is 0. The third-order valence-corrected chi connectivity index (χ3v) is 4.19. The van der Waals surface area contributed by atoms with E-state index in [0.29, 0.717) is 11.6 Å². The van der Waals surface area contributed by atoms with Crippen LogP contribution in [0.1, 0.15) is 17.3 Å². The molecule has 0 aliphatic rings. The molecule has 0 saturated carbocycles. The van der Waals surface area contributed by atoms with Crippen LogP contribution >= 0.6 is 11.3 Å². The van der Waals surface area contributed by atoms with Crippen molar-refractivity contribution in [1.82, 2.24) is 9.97 Å². The minimum atomic E-state index is -0.431. The monoisotopic (exact) mass is 326 g/mol. The molecule has 0 bridgehead atoms. The van der Waals surface area contributed by atoms with Gasteiger partial charge in [0.25, 0.3) is 0 Å². The van der Waals surface area contributed by atoms with E-state index in [0.717, 1.165) is 22.6 Å². The molecule has 23 heavy (non-hydrogen) atoms. The van der Waals surface area contributed by atoms with Gasteiger partial charge in [0, 0.05) is 18.3 Å². The van der Waals surface area contributed by atoms with Crippen molar-refractivity contribution in [3.63, 3.8) is 0 Å². The van der Waals surface area contributed by atoms with Crippen molar-refractivity contribution in [2.24, 2.45) is 0 Å². The van der Waals surface area contributed by atoms with E-state index in [1.807, 2.05) is 48.5 Å². The highest BCUT2D eigenvalue weighted by Crippen LogP contribution is 2.29. The van der Waals surface area contributed by atoms with E-state index in [1.165, 1.54) is 6.20 Å². The Kier molecular flexibility index (Phi) is 4.58. The molecule has 0 fully saturated rings. The smallest absolute Gasteiger partial charge is 0.345 e. The Balaban J connectivity index is 1.84. The van der Waals surface area contributed by atoms with E-state index in [4.69, 9.17) is 0 Å². The molecule has 0 aliphatic heterocycles. The molecule has 0 unspecified atom stereocenters. The van der Waals surface area contributed by atoms with Gasteiger partial charge >= 0.3 is 5.00 Å². The summed E-state index contributed by atoms with van der Waals surface area (Å²) in [5, 5.41) is 14.6. The van der Waals surface area contributed by atoms with E-state index in [9.17, 15) is 10.1 Å². The first-order chi connectivity index (χ1) is 11.2. The van der Waals surface area contributed by atoms with Gasteiger partial charge in [-0.15, -0.1) is 0 Å². The van der Waals surface area contributed by atoms with Gasteiger partial charge in [-0.25, -0.2) is 4.98 Å². The third kappa shape index (κ3) is 3.89. The van der Waals surface area contributed by atoms with Crippen LogP contribution < -0.4 is 5.32 Å². The van der Waals surface area contributed by atoms with Crippen molar-refractivity contribution in [2.45, 2.75) is 12.5 Å². The molecule has 2 heterocycles. The normalized spacial score (nSPS) is 11.8. The number of benzene rings is 1. The second-order valence-electron chi connectivity index (χ2n) is 4.89. The minimum absolute atomic E-state index is 0.0251. The van der Waals surface area contributed by atoms with Gasteiger partial charge in [-0.05, 0) is 29.0 Å². The molecule has 0 amide bonds. The number of thiazole rings is 1. The number of pyridine rings is 1. The van der Waals surface area contributed by atoms with Crippen LogP contribution in [-0.2, 0) is 6.42 Å². The van der Waals surface area contributed by atoms with E-state index >= 15 is 0 Å². The fourth-order valence-electron chi connectivity index (χ4n) is 2.23. The fourth-order valence-corrected chi connectivity index (χ4v) is 2.92. The number of hydrogen-bond acceptors (Lipinski definition) is 6. The van der Waals surface area contributed by atoms with E-state index in [2.05, 4.69) is 15.3 Å². The standard InChI is InChI=1S/C16H14N4O2S/c21-20(22)15-11-18-16(23-15)19-14(12-6-2-1-3-7-12)10-13-8-4-5-9-17-13/h1-9,11,14H,10H2,(H,18,19)/t14-/m0/s1. The van der Waals surface area contributed by atoms with Crippen LogP contribution in [0.2, 0.25) is 0 Å². The summed E-state index contributed by atoms with van der Waals surface area (Å²) in [5.74, 6) is 0. The predicted octanol–water partition coefficient (Wildman–Crippen LogP) is 3.84. The van der Waals surface area contributed by atoms with Crippen molar-refractivity contribution in [1.29, 1.82) is 0 Å². The number of nitrogens with zero attached hydrogens (tertiary/aromatic N) is 3. The van der Waals surface area contributed by atoms with Gasteiger partial charge in [-0.3, -0.25) is 15.1 Å². The highest BCUT2D eigenvalue weighted by Gasteiger charge is 2.17. The lowest BCUT2D eigenvalue weighted by molar-refractivity contribution is -0.380. The lowest BCUT2D eigenvalue weighted by Crippen LogP contribution is -2.14. The zero-order chi connectivity index (χ0) is 16.1. The van der Waals surface area contributed by atoms with Crippen molar-refractivity contribution in [3.8, 4) is 0 Å². The molecule has 0 spiro atoms. The number of hydrogen-bond donors (Lipinski definition) is 1. The first kappa shape index (κ1) is 15.1. The first-order valence-corrected chi connectivity index (χ1v) is 7.85. The Morgan fingerprint density at radius 3 is 2.57 bits per heavy atom. The maximum absolute atomic E-state index is 10.8. The summed E-state index contributed by atoms with van der Waals surface area (Å²) in [5.41, 5.74) is 2.02. The zero-order valence-electron chi connectivity index (χ0n) is 12.1. The van der Waals surface area contributed by atoms with Gasteiger partial charge in [0.05, 0.1) is 11.0 Å². The molecule has 0 saturated heterocycles. The molecule has 2 aromatic heterocycles. The Morgan fingerprint density at radius 1 is 1.13 bits per heavy atom. The van der Waals surface area contributed by atoms with Gasteiger partial charge in [-0.1, -0.05) is 36.4 Å². The molecule has 1 atom stereocenters. The Hall–Kier alpha value is -2.80. The summed E-state index contributed by atoms with van der Waals surface area (Å²) >= 11 is 1.03. The molecule has 0 aliphatic carbocycles. The summed E-state index contributed by atoms with van der Waals surface area (Å²) in [4.78, 5) is 18.8. The zero-order valence-corrected chi connectivity index (χ0v) is 12.9. The van der Waals surface area contributed by atoms with Crippen LogP contribution in [0.5, 0.6) is 0 Å². The van der Waals surface area contributed by atoms with Crippen LogP contribution in [0.3, 0.4) is 0 Å². The molecule has 6 nitrogen and oxygen atoms in total. The molecule has 116 valence electrons. The van der Waals surface area contributed by atoms with Gasteiger partial charge in [0.15, 0.2) is 5.13 Å². The first-order valence-electron chi connectivity index (χ1n) is 7.04. The van der Waals surface area contributed by atoms with Gasteiger partial charge in [0.1, 0.15) is 6.20 Å². The SMILES string of the molecule is O=[N+]([O-])c1cnc(N[C@@H](Cc2ccccn2)c2ccccc2)s1. The van der Waals surface area contributed by atoms with Crippen molar-refractivity contribution in [3.05, 3.63) is 82.3 Å². The Bertz CT molecular complexity index is 777. The summed E-state index contributed by atoms with van der Waals surface area (Å²) < 4.78 is 0. The second kappa shape index (κ2) is 6.97. The quantitative estimate of drug-likeness (QED) is 0.550. The Labute approximate surface area is 137 Å². The highest BCUT2D eigenvalue weighted by atomic mass is 32.1. The van der Waals surface area contributed by atoms with Crippen molar-refractivity contribution >= 4 is 21.5 Å². The summed E-state index contributed by atoms with van der Waals surface area (Å²) in [6.45, 7) is 0. The average molecular weight is 326 g/mol. The van der Waals surface area contributed by atoms with Gasteiger partial charge in [0.2, 0.25) is 0 Å². The lowest BCUT2D eigenvalue weighted by Gasteiger charge is -2.18. The van der Waals surface area contributed by atoms with Gasteiger partial charge < -0.3 is 5.32 Å². The Morgan fingerprint density at radius 2 is 1.91 bits per heavy atom. The van der Waals surface area contributed by atoms with Crippen LogP contribution in [0, 0.1) is 10.1 Å². The van der Waals surface area contributed by atoms with Crippen LogP contribution in [0.25, 0.3) is 0 Å². The molecule has 3 rings (SSSR count). The molecule has 0 radical (unpaired) electrons. The van der Waals surface area contributed by atoms with E-state index in [1.54, 1.807) is 6.20 Å². The summed E-state index contributed by atoms with van der Waals surface area (Å²) in [6.07, 6.45) is 3.69. The number of nitro groups is 1. The minimum Gasteiger partial charge on any atom is -0.354 e. The molecule has 3 aromatic rings. The van der Waals surface area contributed by atoms with E-state index in [-0.39, 0.29) is 11.0 Å². The topological polar surface area (TPSA) is 81.0 Å². The van der Waals surface area contributed by atoms with E-state index < -0.39 is 4.92 Å². The number of anilines is 1. The highest BCUT2D eigenvalue weighted by molar-refractivity contribution is 7.18. The van der Waals surface area contributed by atoms with Crippen molar-refractivity contribution in [2.75, 3.05) is 5.32 Å². The fraction of sp³-hybridized carbons (Fsp3) is 0.125. The molecular formula is C16H14N4O2S. The van der Waals surface area contributed by atoms with Gasteiger partial charge in [-0.2, -0.15) is 0 Å². The largest absolute Gasteiger partial charge is 0.354 e. The summed E-state index contributed by atoms with van der Waals surface area (Å²) in [6, 6.07) is 15.6. The molecule has 7 heteroatoms.